The van der Waals surface area contributed by atoms with Gasteiger partial charge in [-0.3, -0.25) is 9.58 Å². The van der Waals surface area contributed by atoms with E-state index >= 15 is 0 Å². The van der Waals surface area contributed by atoms with E-state index in [9.17, 15) is 5.11 Å². The lowest BCUT2D eigenvalue weighted by atomic mass is 10.1. The third kappa shape index (κ3) is 5.12. The zero-order valence-corrected chi connectivity index (χ0v) is 21.0. The van der Waals surface area contributed by atoms with E-state index in [-0.39, 0.29) is 6.10 Å². The number of anilines is 1. The molecule has 1 fully saturated rings. The number of hydrogen-bond donors (Lipinski definition) is 2. The molecule has 1 atom stereocenters. The van der Waals surface area contributed by atoms with Crippen LogP contribution in [0.1, 0.15) is 12.5 Å². The molecule has 1 saturated heterocycles. The summed E-state index contributed by atoms with van der Waals surface area (Å²) in [6.45, 7) is 7.01. The number of β-amino-alcohol motifs (C(OH)–C–C–N with tert-alkyl or cyclic N) is 1. The maximum absolute atomic E-state index is 9.64. The minimum absolute atomic E-state index is 0.291. The molecule has 0 spiro atoms. The highest BCUT2D eigenvalue weighted by molar-refractivity contribution is 5.95. The summed E-state index contributed by atoms with van der Waals surface area (Å²) in [6.07, 6.45) is 9.54. The number of aromatic amines is 1. The third-order valence-corrected chi connectivity index (χ3v) is 6.96. The van der Waals surface area contributed by atoms with Gasteiger partial charge < -0.3 is 15.0 Å². The molecule has 8 nitrogen and oxygen atoms in total. The predicted molar refractivity (Wildman–Crippen MR) is 146 cm³/mol. The van der Waals surface area contributed by atoms with Crippen molar-refractivity contribution in [3.8, 4) is 22.3 Å². The Bertz CT molecular complexity index is 1470. The Morgan fingerprint density at radius 2 is 1.73 bits per heavy atom. The first-order chi connectivity index (χ1) is 18.1. The lowest BCUT2D eigenvalue weighted by Crippen LogP contribution is -2.48. The van der Waals surface area contributed by atoms with Gasteiger partial charge in [0.2, 0.25) is 0 Å². The zero-order chi connectivity index (χ0) is 25.2. The molecule has 0 saturated carbocycles. The minimum Gasteiger partial charge on any atom is -0.392 e. The summed E-state index contributed by atoms with van der Waals surface area (Å²) in [5.41, 5.74) is 6.29. The Labute approximate surface area is 216 Å². The van der Waals surface area contributed by atoms with Crippen molar-refractivity contribution < 1.29 is 5.11 Å². The fourth-order valence-electron chi connectivity index (χ4n) is 5.04. The number of nitrogens with zero attached hydrogens (tertiary/aromatic N) is 6. The highest BCUT2D eigenvalue weighted by Gasteiger charge is 2.19. The molecule has 5 heterocycles. The maximum Gasteiger partial charge on any atom is 0.137 e. The normalized spacial score (nSPS) is 15.4. The molecule has 1 aromatic carbocycles. The maximum atomic E-state index is 9.64. The molecular formula is C29H31N7O. The molecule has 8 heteroatoms. The van der Waals surface area contributed by atoms with Gasteiger partial charge in [0, 0.05) is 85.2 Å². The summed E-state index contributed by atoms with van der Waals surface area (Å²) in [5.74, 6) is 0.989. The Kier molecular flexibility index (Phi) is 6.42. The van der Waals surface area contributed by atoms with Gasteiger partial charge >= 0.3 is 0 Å². The van der Waals surface area contributed by atoms with Gasteiger partial charge in [-0.1, -0.05) is 30.3 Å². The molecule has 37 heavy (non-hydrogen) atoms. The van der Waals surface area contributed by atoms with E-state index in [0.29, 0.717) is 0 Å². The number of nitrogens with one attached hydrogen (secondary N) is 1. The second-order valence-corrected chi connectivity index (χ2v) is 9.78. The largest absolute Gasteiger partial charge is 0.392 e. The van der Waals surface area contributed by atoms with Gasteiger partial charge in [0.25, 0.3) is 0 Å². The number of pyridine rings is 2. The fraction of sp³-hybridized carbons (Fsp3) is 0.276. The summed E-state index contributed by atoms with van der Waals surface area (Å²) >= 11 is 0. The molecule has 4 aromatic heterocycles. The van der Waals surface area contributed by atoms with Crippen LogP contribution in [0.25, 0.3) is 33.3 Å². The fourth-order valence-corrected chi connectivity index (χ4v) is 5.04. The van der Waals surface area contributed by atoms with Gasteiger partial charge in [0.15, 0.2) is 0 Å². The van der Waals surface area contributed by atoms with Crippen LogP contribution >= 0.6 is 0 Å². The van der Waals surface area contributed by atoms with Gasteiger partial charge in [0.05, 0.1) is 18.8 Å². The first kappa shape index (κ1) is 23.4. The lowest BCUT2D eigenvalue weighted by molar-refractivity contribution is 0.122. The van der Waals surface area contributed by atoms with E-state index in [1.807, 2.05) is 54.6 Å². The van der Waals surface area contributed by atoms with Crippen molar-refractivity contribution in [2.45, 2.75) is 19.6 Å². The molecule has 1 aliphatic rings. The smallest absolute Gasteiger partial charge is 0.137 e. The van der Waals surface area contributed by atoms with Gasteiger partial charge in [-0.2, -0.15) is 5.10 Å². The summed E-state index contributed by atoms with van der Waals surface area (Å²) in [7, 11) is 0. The number of piperazine rings is 1. The van der Waals surface area contributed by atoms with Crippen LogP contribution in [-0.4, -0.2) is 73.6 Å². The minimum atomic E-state index is -0.291. The summed E-state index contributed by atoms with van der Waals surface area (Å²) in [5, 5.41) is 15.3. The molecular weight excluding hydrogens is 462 g/mol. The number of fused-ring (bicyclic) bond motifs is 1. The molecule has 1 aliphatic heterocycles. The first-order valence-corrected chi connectivity index (χ1v) is 12.8. The Hall–Kier alpha value is -4.01. The van der Waals surface area contributed by atoms with Gasteiger partial charge in [-0.15, -0.1) is 0 Å². The SMILES string of the molecule is C[C@H](O)CN1CCN(c2ccc(-c3cnc4[nH]cc(-c5cnn(Cc6ccccc6)c5)c4c3)cn2)CC1. The van der Waals surface area contributed by atoms with Crippen LogP contribution in [0.15, 0.2) is 79.5 Å². The first-order valence-electron chi connectivity index (χ1n) is 12.8. The highest BCUT2D eigenvalue weighted by atomic mass is 16.3. The molecule has 0 unspecified atom stereocenters. The Balaban J connectivity index is 1.19. The predicted octanol–water partition coefficient (Wildman–Crippen LogP) is 4.04. The van der Waals surface area contributed by atoms with Crippen molar-refractivity contribution in [1.29, 1.82) is 0 Å². The van der Waals surface area contributed by atoms with Crippen LogP contribution in [-0.2, 0) is 6.54 Å². The Morgan fingerprint density at radius 3 is 2.49 bits per heavy atom. The van der Waals surface area contributed by atoms with E-state index < -0.39 is 0 Å². The van der Waals surface area contributed by atoms with Crippen LogP contribution in [0.5, 0.6) is 0 Å². The molecule has 0 amide bonds. The van der Waals surface area contributed by atoms with Crippen molar-refractivity contribution in [3.63, 3.8) is 0 Å². The van der Waals surface area contributed by atoms with Crippen LogP contribution < -0.4 is 4.90 Å². The van der Waals surface area contributed by atoms with Crippen LogP contribution in [0, 0.1) is 0 Å². The van der Waals surface area contributed by atoms with Crippen LogP contribution in [0.4, 0.5) is 5.82 Å². The number of aliphatic hydroxyl groups excluding tert-OH is 1. The van der Waals surface area contributed by atoms with Gasteiger partial charge in [0.1, 0.15) is 11.5 Å². The Morgan fingerprint density at radius 1 is 0.919 bits per heavy atom. The number of H-pyrrole nitrogens is 1. The molecule has 5 aromatic rings. The highest BCUT2D eigenvalue weighted by Crippen LogP contribution is 2.31. The number of rotatable bonds is 7. The van der Waals surface area contributed by atoms with Crippen molar-refractivity contribution in [3.05, 3.63) is 85.1 Å². The summed E-state index contributed by atoms with van der Waals surface area (Å²) in [4.78, 5) is 17.4. The van der Waals surface area contributed by atoms with Crippen molar-refractivity contribution in [1.82, 2.24) is 29.6 Å². The quantitative estimate of drug-likeness (QED) is 0.356. The molecule has 6 rings (SSSR count). The standard InChI is InChI=1S/C29H31N7O/c1-21(37)18-34-9-11-35(12-10-34)28-8-7-23(14-30-28)24-13-26-27(17-32-29(26)31-15-24)25-16-33-36(20-25)19-22-5-3-2-4-6-22/h2-8,13-17,20-21,37H,9-12,18-19H2,1H3,(H,31,32)/t21-/m0/s1. The number of hydrogen-bond acceptors (Lipinski definition) is 6. The average Bonchev–Trinajstić information content (AvgIpc) is 3.56. The summed E-state index contributed by atoms with van der Waals surface area (Å²) < 4.78 is 1.97. The van der Waals surface area contributed by atoms with Crippen LogP contribution in [0.3, 0.4) is 0 Å². The van der Waals surface area contributed by atoms with E-state index in [4.69, 9.17) is 4.98 Å². The lowest BCUT2D eigenvalue weighted by Gasteiger charge is -2.35. The second-order valence-electron chi connectivity index (χ2n) is 9.78. The molecule has 2 N–H and O–H groups in total. The molecule has 0 aliphatic carbocycles. The van der Waals surface area contributed by atoms with E-state index in [2.05, 4.69) is 61.4 Å². The van der Waals surface area contributed by atoms with Crippen molar-refractivity contribution >= 4 is 16.9 Å². The van der Waals surface area contributed by atoms with E-state index in [0.717, 1.165) is 78.4 Å². The molecule has 0 bridgehead atoms. The van der Waals surface area contributed by atoms with Gasteiger partial charge in [-0.25, -0.2) is 9.97 Å². The van der Waals surface area contributed by atoms with E-state index in [1.165, 1.54) is 5.56 Å². The number of aromatic nitrogens is 5. The zero-order valence-electron chi connectivity index (χ0n) is 21.0. The third-order valence-electron chi connectivity index (χ3n) is 6.96. The van der Waals surface area contributed by atoms with E-state index in [1.54, 1.807) is 0 Å². The van der Waals surface area contributed by atoms with Crippen LogP contribution in [0.2, 0.25) is 0 Å². The monoisotopic (exact) mass is 493 g/mol. The molecule has 0 radical (unpaired) electrons. The average molecular weight is 494 g/mol. The summed E-state index contributed by atoms with van der Waals surface area (Å²) in [6, 6.07) is 16.7. The van der Waals surface area contributed by atoms with Crippen molar-refractivity contribution in [2.75, 3.05) is 37.6 Å². The van der Waals surface area contributed by atoms with Gasteiger partial charge in [-0.05, 0) is 30.7 Å². The number of benzene rings is 1. The second kappa shape index (κ2) is 10.2. The topological polar surface area (TPSA) is 86.1 Å². The van der Waals surface area contributed by atoms with Crippen molar-refractivity contribution in [2.24, 2.45) is 0 Å². The molecule has 188 valence electrons. The number of aliphatic hydroxyl groups is 1.